The Morgan fingerprint density at radius 2 is 0.837 bits per heavy atom. The van der Waals surface area contributed by atoms with Crippen molar-refractivity contribution < 1.29 is 108 Å². The Bertz CT molecular complexity index is 1540. The Kier molecular flexibility index (Phi) is 20.8. The quantitative estimate of drug-likeness (QED) is 0.142. The summed E-state index contributed by atoms with van der Waals surface area (Å²) in [4.78, 5) is 10.5. The van der Waals surface area contributed by atoms with Gasteiger partial charge in [0.05, 0.1) is 12.9 Å². The molecule has 43 heavy (non-hydrogen) atoms. The molecule has 0 saturated carbocycles. The van der Waals surface area contributed by atoms with Crippen LogP contribution < -0.4 is 0 Å². The Morgan fingerprint density at radius 3 is 1.21 bits per heavy atom. The first-order chi connectivity index (χ1) is 19.8. The van der Waals surface area contributed by atoms with Gasteiger partial charge in [-0.15, -0.1) is 48.0 Å². The van der Waals surface area contributed by atoms with Crippen LogP contribution >= 0.6 is 0 Å². The first-order valence-electron chi connectivity index (χ1n) is 12.7. The molecule has 6 aromatic carbocycles. The van der Waals surface area contributed by atoms with Gasteiger partial charge in [0.15, 0.2) is 0 Å². The number of aliphatic hydroxyl groups excluding tert-OH is 1. The zero-order valence-electron chi connectivity index (χ0n) is 23.6. The van der Waals surface area contributed by atoms with E-state index in [0.29, 0.717) is 5.56 Å². The molecule has 6 aromatic rings. The van der Waals surface area contributed by atoms with Crippen LogP contribution in [0.2, 0.25) is 0 Å². The smallest absolute Gasteiger partial charge is 0.0819 e. The summed E-state index contributed by atoms with van der Waals surface area (Å²) < 4.78 is 0. The molecule has 0 saturated heterocycles. The van der Waals surface area contributed by atoms with Gasteiger partial charge in [-0.3, -0.25) is 0 Å². The third-order valence-electron chi connectivity index (χ3n) is 5.68. The Labute approximate surface area is 331 Å². The molecule has 3 radical (unpaired) electrons. The number of carbonyl (C=O) groups excluding carboxylic acids is 1. The minimum Gasteiger partial charge on any atom is -0.393 e. The summed E-state index contributed by atoms with van der Waals surface area (Å²) in [6, 6.07) is 61.1. The summed E-state index contributed by atoms with van der Waals surface area (Å²) in [5.74, 6) is 0. The number of carbonyl (C=O) groups is 1. The van der Waals surface area contributed by atoms with Gasteiger partial charge in [0.2, 0.25) is 0 Å². The minimum absolute atomic E-state index is 0. The number of aliphatic hydroxyl groups is 1. The maximum absolute atomic E-state index is 10.5. The van der Waals surface area contributed by atoms with E-state index in [9.17, 15) is 4.79 Å². The van der Waals surface area contributed by atoms with Gasteiger partial charge in [-0.05, 0) is 0 Å². The molecular weight excluding hydrogens is 755 g/mol. The van der Waals surface area contributed by atoms with Crippen molar-refractivity contribution in [3.63, 3.8) is 0 Å². The number of rotatable bonds is 5. The molecule has 0 heterocycles. The summed E-state index contributed by atoms with van der Waals surface area (Å²) in [6.45, 7) is 0.0284. The van der Waals surface area contributed by atoms with Crippen molar-refractivity contribution in [1.29, 1.82) is 0 Å². The maximum Gasteiger partial charge on any atom is 0.0819 e. The fraction of sp³-hybridized carbons (Fsp3) is 0.0263. The Balaban J connectivity index is 0.000000313. The molecule has 0 aliphatic heterocycles. The van der Waals surface area contributed by atoms with Crippen LogP contribution in [0.1, 0.15) is 15.9 Å². The van der Waals surface area contributed by atoms with Crippen molar-refractivity contribution in [1.82, 2.24) is 0 Å². The van der Waals surface area contributed by atoms with E-state index in [-0.39, 0.29) is 105 Å². The molecule has 5 heteroatoms. The van der Waals surface area contributed by atoms with E-state index in [2.05, 4.69) is 36.4 Å². The molecular formula is C38H26O2Y3-6. The predicted octanol–water partition coefficient (Wildman–Crippen LogP) is 8.16. The van der Waals surface area contributed by atoms with E-state index in [1.807, 2.05) is 127 Å². The fourth-order valence-electron chi connectivity index (χ4n) is 3.72. The van der Waals surface area contributed by atoms with Crippen molar-refractivity contribution in [2.75, 3.05) is 0 Å². The maximum atomic E-state index is 10.5. The van der Waals surface area contributed by atoms with E-state index in [1.165, 1.54) is 0 Å². The molecule has 0 aliphatic rings. The average Bonchev–Trinajstić information content (AvgIpc) is 3.07. The number of hydrogen-bond donors (Lipinski definition) is 1. The molecule has 0 fully saturated rings. The molecule has 205 valence electrons. The summed E-state index contributed by atoms with van der Waals surface area (Å²) in [6.07, 6.45) is 0.798. The number of hydrogen-bond acceptors (Lipinski definition) is 2. The van der Waals surface area contributed by atoms with E-state index < -0.39 is 0 Å². The van der Waals surface area contributed by atoms with Gasteiger partial charge in [0.1, 0.15) is 0 Å². The molecule has 0 spiro atoms. The van der Waals surface area contributed by atoms with Gasteiger partial charge in [-0.1, -0.05) is 5.56 Å². The summed E-state index contributed by atoms with van der Waals surface area (Å²) in [7, 11) is 0. The first kappa shape index (κ1) is 39.3. The van der Waals surface area contributed by atoms with Crippen molar-refractivity contribution in [3.05, 3.63) is 181 Å². The first-order valence-corrected chi connectivity index (χ1v) is 12.7. The van der Waals surface area contributed by atoms with Gasteiger partial charge < -0.3 is 9.90 Å². The van der Waals surface area contributed by atoms with E-state index >= 15 is 0 Å². The minimum atomic E-state index is 0. The molecule has 0 unspecified atom stereocenters. The van der Waals surface area contributed by atoms with Crippen LogP contribution in [0.25, 0.3) is 33.4 Å². The molecule has 0 aromatic heterocycles. The second-order valence-electron chi connectivity index (χ2n) is 8.49. The van der Waals surface area contributed by atoms with Crippen LogP contribution in [0.3, 0.4) is 0 Å². The molecule has 6 rings (SSSR count). The summed E-state index contributed by atoms with van der Waals surface area (Å²) in [5.41, 5.74) is 7.39. The third-order valence-corrected chi connectivity index (χ3v) is 5.68. The van der Waals surface area contributed by atoms with Gasteiger partial charge in [-0.25, -0.2) is 27.8 Å². The largest absolute Gasteiger partial charge is 0.393 e. The van der Waals surface area contributed by atoms with Crippen molar-refractivity contribution in [2.24, 2.45) is 0 Å². The zero-order valence-corrected chi connectivity index (χ0v) is 32.1. The predicted molar refractivity (Wildman–Crippen MR) is 160 cm³/mol. The van der Waals surface area contributed by atoms with Gasteiger partial charge in [-0.2, -0.15) is 133 Å². The molecule has 0 bridgehead atoms. The van der Waals surface area contributed by atoms with Crippen LogP contribution in [0.4, 0.5) is 0 Å². The third kappa shape index (κ3) is 13.4. The molecule has 0 amide bonds. The normalized spacial score (nSPS) is 9.14. The van der Waals surface area contributed by atoms with E-state index in [4.69, 9.17) is 5.11 Å². The Hall–Kier alpha value is -1.74. The summed E-state index contributed by atoms with van der Waals surface area (Å²) in [5, 5.41) is 8.97. The van der Waals surface area contributed by atoms with Crippen LogP contribution in [-0.2, 0) is 105 Å². The molecule has 2 nitrogen and oxygen atoms in total. The van der Waals surface area contributed by atoms with E-state index in [0.717, 1.165) is 45.2 Å². The molecule has 0 aliphatic carbocycles. The van der Waals surface area contributed by atoms with Crippen LogP contribution in [0.5, 0.6) is 0 Å². The fourth-order valence-corrected chi connectivity index (χ4v) is 3.72. The van der Waals surface area contributed by atoms with Gasteiger partial charge in [0.25, 0.3) is 0 Å². The second kappa shape index (κ2) is 22.7. The van der Waals surface area contributed by atoms with Crippen molar-refractivity contribution in [2.45, 2.75) is 6.61 Å². The topological polar surface area (TPSA) is 37.3 Å². The van der Waals surface area contributed by atoms with Crippen LogP contribution in [0, 0.1) is 36.4 Å². The monoisotopic (exact) mass is 781 g/mol. The van der Waals surface area contributed by atoms with Crippen molar-refractivity contribution in [3.8, 4) is 33.4 Å². The average molecular weight is 781 g/mol. The Morgan fingerprint density at radius 1 is 0.465 bits per heavy atom. The zero-order chi connectivity index (χ0) is 27.8. The number of benzene rings is 6. The standard InChI is InChI=1S/C13H10O.C13H8O.C12H8.3Y/c2*14-10-11-5-4-8-13(9-11)12-6-2-1-3-7-12;1-3-7-11(8-4-1)12-9-5-2-6-10-12;;;/h1-6,8,14H,10H2;1-6,8,10H;1-7,9H;;;/q3*-2;;;. The SMILES string of the molecule is O=Cc1[c-]c(-c2[c-]cccc2)ccc1.OCc1[c-]c(-c2[c-]cccc2)ccc1.[Y].[Y].[Y].[c-]1ccccc1-c1[c-]cccc1. The van der Waals surface area contributed by atoms with E-state index in [1.54, 1.807) is 6.07 Å². The van der Waals surface area contributed by atoms with Crippen LogP contribution in [-0.4, -0.2) is 11.4 Å². The molecule has 1 N–H and O–H groups in total. The van der Waals surface area contributed by atoms with Crippen molar-refractivity contribution >= 4 is 6.29 Å². The van der Waals surface area contributed by atoms with Gasteiger partial charge >= 0.3 is 0 Å². The van der Waals surface area contributed by atoms with Gasteiger partial charge in [0, 0.05) is 98.1 Å². The summed E-state index contributed by atoms with van der Waals surface area (Å²) >= 11 is 0. The van der Waals surface area contributed by atoms with Crippen LogP contribution in [0.15, 0.2) is 133 Å². The molecule has 0 atom stereocenters. The second-order valence-corrected chi connectivity index (χ2v) is 8.49. The number of aldehydes is 1.